The van der Waals surface area contributed by atoms with Crippen LogP contribution in [0.25, 0.3) is 44.7 Å². The molecule has 0 bridgehead atoms. The topological polar surface area (TPSA) is 132 Å². The molecule has 12 heteroatoms. The lowest BCUT2D eigenvalue weighted by Crippen LogP contribution is -2.44. The maximum absolute atomic E-state index is 16.0. The summed E-state index contributed by atoms with van der Waals surface area (Å²) in [5.41, 5.74) is 3.41. The molecule has 192 valence electrons. The Balaban J connectivity index is 1.27. The number of nitrogens with one attached hydrogen (secondary N) is 3. The maximum atomic E-state index is 16.0. The molecule has 0 spiro atoms. The maximum Gasteiger partial charge on any atom is 0.227 e. The molecule has 0 unspecified atom stereocenters. The van der Waals surface area contributed by atoms with Crippen molar-refractivity contribution in [2.45, 2.75) is 12.8 Å². The fourth-order valence-electron chi connectivity index (χ4n) is 4.86. The van der Waals surface area contributed by atoms with E-state index in [1.807, 2.05) is 6.07 Å². The lowest BCUT2D eigenvalue weighted by atomic mass is 10.1. The van der Waals surface area contributed by atoms with Crippen LogP contribution in [0.3, 0.4) is 0 Å². The van der Waals surface area contributed by atoms with E-state index < -0.39 is 5.82 Å². The zero-order valence-electron chi connectivity index (χ0n) is 20.7. The molecule has 5 aromatic heterocycles. The minimum Gasteiger partial charge on any atom is -0.352 e. The van der Waals surface area contributed by atoms with E-state index >= 15 is 4.39 Å². The molecule has 2 fully saturated rings. The van der Waals surface area contributed by atoms with Crippen molar-refractivity contribution in [1.29, 1.82) is 0 Å². The van der Waals surface area contributed by atoms with Gasteiger partial charge in [0.15, 0.2) is 17.5 Å². The number of anilines is 2. The Hall–Kier alpha value is -4.45. The van der Waals surface area contributed by atoms with E-state index in [4.69, 9.17) is 4.98 Å². The molecule has 1 aliphatic heterocycles. The van der Waals surface area contributed by atoms with Crippen LogP contribution in [0.2, 0.25) is 0 Å². The number of hydrogen-bond acceptors (Lipinski definition) is 8. The Labute approximate surface area is 216 Å². The lowest BCUT2D eigenvalue weighted by molar-refractivity contribution is -0.117. The van der Waals surface area contributed by atoms with Gasteiger partial charge in [-0.15, -0.1) is 0 Å². The molecule has 1 aliphatic carbocycles. The number of carbonyl (C=O) groups is 1. The van der Waals surface area contributed by atoms with Crippen molar-refractivity contribution in [3.05, 3.63) is 42.7 Å². The number of nitrogens with zero attached hydrogens (tertiary/aromatic N) is 7. The second-order valence-corrected chi connectivity index (χ2v) is 9.91. The zero-order valence-corrected chi connectivity index (χ0v) is 20.7. The van der Waals surface area contributed by atoms with Gasteiger partial charge in [-0.25, -0.2) is 14.4 Å². The molecule has 3 N–H and O–H groups in total. The molecule has 1 saturated heterocycles. The van der Waals surface area contributed by atoms with Crippen LogP contribution in [0.1, 0.15) is 12.8 Å². The largest absolute Gasteiger partial charge is 0.352 e. The number of halogens is 1. The molecular weight excluding hydrogens is 487 g/mol. The average Bonchev–Trinajstić information content (AvgIpc) is 3.54. The Morgan fingerprint density at radius 3 is 2.74 bits per heavy atom. The Bertz CT molecular complexity index is 1680. The third kappa shape index (κ3) is 3.93. The van der Waals surface area contributed by atoms with Gasteiger partial charge < -0.3 is 20.1 Å². The number of fused-ring (bicyclic) bond motifs is 2. The molecular formula is C26H25FN10O. The highest BCUT2D eigenvalue weighted by molar-refractivity contribution is 5.97. The van der Waals surface area contributed by atoms with Gasteiger partial charge in [-0.05, 0) is 32.0 Å². The number of piperazine rings is 1. The summed E-state index contributed by atoms with van der Waals surface area (Å²) in [5, 5.41) is 10.4. The summed E-state index contributed by atoms with van der Waals surface area (Å²) in [4.78, 5) is 37.9. The summed E-state index contributed by atoms with van der Waals surface area (Å²) in [6.07, 6.45) is 8.15. The van der Waals surface area contributed by atoms with Crippen molar-refractivity contribution in [3.63, 3.8) is 0 Å². The number of aromatic amines is 2. The van der Waals surface area contributed by atoms with Crippen LogP contribution in [-0.2, 0) is 4.79 Å². The van der Waals surface area contributed by atoms with Crippen LogP contribution in [0.4, 0.5) is 15.9 Å². The van der Waals surface area contributed by atoms with Crippen molar-refractivity contribution in [3.8, 4) is 22.8 Å². The number of pyridine rings is 3. The Kier molecular flexibility index (Phi) is 5.28. The highest BCUT2D eigenvalue weighted by atomic mass is 19.1. The van der Waals surface area contributed by atoms with Gasteiger partial charge in [0.1, 0.15) is 16.9 Å². The van der Waals surface area contributed by atoms with Gasteiger partial charge in [0.05, 0.1) is 34.5 Å². The van der Waals surface area contributed by atoms with Crippen molar-refractivity contribution in [1.82, 2.24) is 40.0 Å². The van der Waals surface area contributed by atoms with Crippen molar-refractivity contribution in [2.75, 3.05) is 43.4 Å². The van der Waals surface area contributed by atoms with Gasteiger partial charge in [0.2, 0.25) is 5.91 Å². The zero-order chi connectivity index (χ0) is 25.8. The molecule has 6 heterocycles. The second-order valence-electron chi connectivity index (χ2n) is 9.91. The van der Waals surface area contributed by atoms with E-state index in [0.29, 0.717) is 28.3 Å². The van der Waals surface area contributed by atoms with Crippen LogP contribution in [0, 0.1) is 11.7 Å². The van der Waals surface area contributed by atoms with Gasteiger partial charge in [-0.3, -0.25) is 19.9 Å². The summed E-state index contributed by atoms with van der Waals surface area (Å²) in [5.74, 6) is 0.706. The predicted molar refractivity (Wildman–Crippen MR) is 141 cm³/mol. The normalized spacial score (nSPS) is 16.4. The van der Waals surface area contributed by atoms with E-state index in [2.05, 4.69) is 52.3 Å². The third-order valence-electron chi connectivity index (χ3n) is 7.18. The van der Waals surface area contributed by atoms with Crippen LogP contribution < -0.4 is 10.2 Å². The van der Waals surface area contributed by atoms with E-state index in [9.17, 15) is 4.79 Å². The second kappa shape index (κ2) is 8.84. The Morgan fingerprint density at radius 1 is 1.08 bits per heavy atom. The molecule has 2 aliphatic rings. The molecule has 0 aromatic carbocycles. The number of aromatic nitrogens is 7. The number of carbonyl (C=O) groups excluding carboxylic acids is 1. The van der Waals surface area contributed by atoms with E-state index in [0.717, 1.165) is 55.9 Å². The smallest absolute Gasteiger partial charge is 0.227 e. The number of hydrogen-bond donors (Lipinski definition) is 3. The number of rotatable bonds is 5. The minimum atomic E-state index is -0.545. The van der Waals surface area contributed by atoms with Crippen LogP contribution in [0.5, 0.6) is 0 Å². The molecule has 0 radical (unpaired) electrons. The summed E-state index contributed by atoms with van der Waals surface area (Å²) < 4.78 is 16.0. The Morgan fingerprint density at radius 2 is 1.92 bits per heavy atom. The van der Waals surface area contributed by atoms with E-state index in [-0.39, 0.29) is 22.9 Å². The molecule has 7 rings (SSSR count). The van der Waals surface area contributed by atoms with Crippen LogP contribution in [-0.4, -0.2) is 79.2 Å². The van der Waals surface area contributed by atoms with Gasteiger partial charge in [-0.1, -0.05) is 0 Å². The van der Waals surface area contributed by atoms with Crippen molar-refractivity contribution >= 4 is 39.3 Å². The SMILES string of the molecule is CN1CCN(c2nccc3[nH]c(-c4n[nH]c5cnc(-c6cncc(NC(=O)C7CC7)c6)c(F)c45)nc23)CC1. The summed E-state index contributed by atoms with van der Waals surface area (Å²) in [6, 6.07) is 3.54. The molecule has 1 saturated carbocycles. The molecule has 5 aromatic rings. The number of likely N-dealkylation sites (N-methyl/N-ethyl adjacent to an activating group) is 1. The van der Waals surface area contributed by atoms with Crippen molar-refractivity contribution < 1.29 is 9.18 Å². The van der Waals surface area contributed by atoms with Gasteiger partial charge in [0.25, 0.3) is 0 Å². The first-order valence-corrected chi connectivity index (χ1v) is 12.6. The van der Waals surface area contributed by atoms with Crippen LogP contribution >= 0.6 is 0 Å². The van der Waals surface area contributed by atoms with Crippen LogP contribution in [0.15, 0.2) is 36.9 Å². The average molecular weight is 513 g/mol. The molecule has 1 amide bonds. The first-order valence-electron chi connectivity index (χ1n) is 12.6. The van der Waals surface area contributed by atoms with E-state index in [1.54, 1.807) is 24.7 Å². The first kappa shape index (κ1) is 22.7. The van der Waals surface area contributed by atoms with E-state index in [1.165, 1.54) is 6.20 Å². The number of imidazole rings is 1. The molecule has 38 heavy (non-hydrogen) atoms. The highest BCUT2D eigenvalue weighted by Crippen LogP contribution is 2.35. The van der Waals surface area contributed by atoms with Gasteiger partial charge in [0, 0.05) is 50.1 Å². The predicted octanol–water partition coefficient (Wildman–Crippen LogP) is 3.20. The highest BCUT2D eigenvalue weighted by Gasteiger charge is 2.30. The lowest BCUT2D eigenvalue weighted by Gasteiger charge is -2.33. The monoisotopic (exact) mass is 512 g/mol. The number of amides is 1. The minimum absolute atomic E-state index is 0.0414. The fraction of sp³-hybridized carbons (Fsp3) is 0.308. The van der Waals surface area contributed by atoms with Gasteiger partial charge in [-0.2, -0.15) is 5.10 Å². The fourth-order valence-corrected chi connectivity index (χ4v) is 4.86. The quantitative estimate of drug-likeness (QED) is 0.327. The molecule has 0 atom stereocenters. The first-order chi connectivity index (χ1) is 18.5. The molecule has 11 nitrogen and oxygen atoms in total. The summed E-state index contributed by atoms with van der Waals surface area (Å²) >= 11 is 0. The standard InChI is InChI=1S/C26H25FN10O/c1-36-6-8-37(9-7-36)25-22-17(4-5-29-25)32-24(33-22)23-19-18(34-35-23)13-30-21(20(19)27)15-10-16(12-28-11-15)31-26(38)14-2-3-14/h4-5,10-14H,2-3,6-9H2,1H3,(H,31,38)(H,32,33)(H,34,35). The van der Waals surface area contributed by atoms with Crippen molar-refractivity contribution in [2.24, 2.45) is 5.92 Å². The summed E-state index contributed by atoms with van der Waals surface area (Å²) in [7, 11) is 2.11. The summed E-state index contributed by atoms with van der Waals surface area (Å²) in [6.45, 7) is 3.60. The van der Waals surface area contributed by atoms with Gasteiger partial charge >= 0.3 is 0 Å². The number of H-pyrrole nitrogens is 2. The third-order valence-corrected chi connectivity index (χ3v) is 7.18.